The van der Waals surface area contributed by atoms with Gasteiger partial charge in [-0.1, -0.05) is 24.3 Å². The third kappa shape index (κ3) is 3.00. The molecule has 0 saturated carbocycles. The molecule has 1 atom stereocenters. The molecule has 1 saturated heterocycles. The number of urea groups is 1. The minimum absolute atomic E-state index is 0.474. The molecule has 130 valence electrons. The molecular weight excluding hydrogens is 332 g/mol. The van der Waals surface area contributed by atoms with Crippen LogP contribution in [-0.2, 0) is 10.3 Å². The standard InChI is InChI=1S/C19H16N4O3/c1-19(15-7-9-16(26-2)10-8-15)17(24)23(18(25)22-19)21-12-14-5-3-13(11-20)4-6-14/h3-10,12H,1-2H3,(H,22,25)/b21-12-/t19-/m1/s1. The van der Waals surface area contributed by atoms with Crippen LogP contribution in [0.4, 0.5) is 4.79 Å². The predicted molar refractivity (Wildman–Crippen MR) is 94.5 cm³/mol. The van der Waals surface area contributed by atoms with Gasteiger partial charge in [0, 0.05) is 0 Å². The van der Waals surface area contributed by atoms with E-state index in [0.29, 0.717) is 22.4 Å². The molecule has 1 N–H and O–H groups in total. The number of amides is 3. The van der Waals surface area contributed by atoms with E-state index in [9.17, 15) is 9.59 Å². The van der Waals surface area contributed by atoms with Gasteiger partial charge in [0.1, 0.15) is 11.3 Å². The molecule has 1 aliphatic rings. The van der Waals surface area contributed by atoms with Crippen LogP contribution < -0.4 is 10.1 Å². The first-order valence-electron chi connectivity index (χ1n) is 7.83. The van der Waals surface area contributed by atoms with E-state index in [4.69, 9.17) is 10.00 Å². The Balaban J connectivity index is 1.83. The SMILES string of the molecule is COc1ccc([C@@]2(C)NC(=O)N(/N=C\c3ccc(C#N)cc3)C2=O)cc1. The number of hydrogen-bond donors (Lipinski definition) is 1. The number of nitriles is 1. The monoisotopic (exact) mass is 348 g/mol. The highest BCUT2D eigenvalue weighted by Crippen LogP contribution is 2.30. The van der Waals surface area contributed by atoms with Crippen LogP contribution in [-0.4, -0.2) is 30.3 Å². The largest absolute Gasteiger partial charge is 0.497 e. The van der Waals surface area contributed by atoms with E-state index in [0.717, 1.165) is 5.01 Å². The van der Waals surface area contributed by atoms with E-state index in [1.165, 1.54) is 6.21 Å². The number of ether oxygens (including phenoxy) is 1. The third-order valence-electron chi connectivity index (χ3n) is 4.20. The van der Waals surface area contributed by atoms with Crippen molar-refractivity contribution in [2.75, 3.05) is 7.11 Å². The fraction of sp³-hybridized carbons (Fsp3) is 0.158. The average molecular weight is 348 g/mol. The predicted octanol–water partition coefficient (Wildman–Crippen LogP) is 2.37. The van der Waals surface area contributed by atoms with Gasteiger partial charge in [-0.2, -0.15) is 10.4 Å². The first-order chi connectivity index (χ1) is 12.5. The van der Waals surface area contributed by atoms with Crippen molar-refractivity contribution in [2.45, 2.75) is 12.5 Å². The number of carbonyl (C=O) groups excluding carboxylic acids is 2. The maximum Gasteiger partial charge on any atom is 0.346 e. The molecule has 0 radical (unpaired) electrons. The summed E-state index contributed by atoms with van der Waals surface area (Å²) in [6.45, 7) is 1.63. The molecular formula is C19H16N4O3. The molecule has 3 rings (SSSR count). The van der Waals surface area contributed by atoms with Gasteiger partial charge in [0.15, 0.2) is 0 Å². The van der Waals surface area contributed by atoms with Gasteiger partial charge in [0.05, 0.1) is 25.0 Å². The fourth-order valence-electron chi connectivity index (χ4n) is 2.62. The zero-order valence-corrected chi connectivity index (χ0v) is 14.3. The Morgan fingerprint density at radius 1 is 1.15 bits per heavy atom. The lowest BCUT2D eigenvalue weighted by Gasteiger charge is -2.21. The number of hydrogen-bond acceptors (Lipinski definition) is 5. The molecule has 3 amide bonds. The summed E-state index contributed by atoms with van der Waals surface area (Å²) in [6, 6.07) is 15.0. The van der Waals surface area contributed by atoms with Crippen molar-refractivity contribution in [1.82, 2.24) is 10.3 Å². The number of nitrogens with one attached hydrogen (secondary N) is 1. The fourth-order valence-corrected chi connectivity index (χ4v) is 2.62. The van der Waals surface area contributed by atoms with Crippen LogP contribution in [0.15, 0.2) is 53.6 Å². The molecule has 0 unspecified atom stereocenters. The average Bonchev–Trinajstić information content (AvgIpc) is 2.90. The van der Waals surface area contributed by atoms with E-state index < -0.39 is 17.5 Å². The number of methoxy groups -OCH3 is 1. The third-order valence-corrected chi connectivity index (χ3v) is 4.20. The molecule has 7 heteroatoms. The highest BCUT2D eigenvalue weighted by Gasteiger charge is 2.49. The molecule has 7 nitrogen and oxygen atoms in total. The van der Waals surface area contributed by atoms with E-state index in [1.807, 2.05) is 6.07 Å². The van der Waals surface area contributed by atoms with Crippen molar-refractivity contribution in [3.63, 3.8) is 0 Å². The Hall–Kier alpha value is -3.66. The smallest absolute Gasteiger partial charge is 0.346 e. The summed E-state index contributed by atoms with van der Waals surface area (Å²) < 4.78 is 5.11. The lowest BCUT2D eigenvalue weighted by Crippen LogP contribution is -2.40. The van der Waals surface area contributed by atoms with Gasteiger partial charge in [0.2, 0.25) is 0 Å². The van der Waals surface area contributed by atoms with Crippen molar-refractivity contribution >= 4 is 18.2 Å². The summed E-state index contributed by atoms with van der Waals surface area (Å²) in [7, 11) is 1.55. The van der Waals surface area contributed by atoms with Gasteiger partial charge in [-0.25, -0.2) is 4.79 Å². The highest BCUT2D eigenvalue weighted by atomic mass is 16.5. The van der Waals surface area contributed by atoms with Gasteiger partial charge in [-0.3, -0.25) is 4.79 Å². The molecule has 0 aromatic heterocycles. The Morgan fingerprint density at radius 2 is 1.81 bits per heavy atom. The van der Waals surface area contributed by atoms with Crippen molar-refractivity contribution in [2.24, 2.45) is 5.10 Å². The highest BCUT2D eigenvalue weighted by molar-refractivity contribution is 6.07. The lowest BCUT2D eigenvalue weighted by molar-refractivity contribution is -0.131. The molecule has 2 aromatic carbocycles. The van der Waals surface area contributed by atoms with Crippen LogP contribution in [0.2, 0.25) is 0 Å². The summed E-state index contributed by atoms with van der Waals surface area (Å²) >= 11 is 0. The van der Waals surface area contributed by atoms with Crippen molar-refractivity contribution in [3.05, 3.63) is 65.2 Å². The van der Waals surface area contributed by atoms with E-state index in [1.54, 1.807) is 62.6 Å². The van der Waals surface area contributed by atoms with Gasteiger partial charge >= 0.3 is 6.03 Å². The van der Waals surface area contributed by atoms with Crippen LogP contribution >= 0.6 is 0 Å². The summed E-state index contributed by atoms with van der Waals surface area (Å²) in [6.07, 6.45) is 1.40. The second-order valence-electron chi connectivity index (χ2n) is 5.88. The number of rotatable bonds is 4. The molecule has 0 aliphatic carbocycles. The second-order valence-corrected chi connectivity index (χ2v) is 5.88. The van der Waals surface area contributed by atoms with Gasteiger partial charge in [-0.05, 0) is 42.3 Å². The normalized spacial score (nSPS) is 19.5. The van der Waals surface area contributed by atoms with Gasteiger partial charge in [-0.15, -0.1) is 5.01 Å². The van der Waals surface area contributed by atoms with Crippen molar-refractivity contribution in [1.29, 1.82) is 5.26 Å². The molecule has 1 fully saturated rings. The topological polar surface area (TPSA) is 94.8 Å². The molecule has 0 bridgehead atoms. The zero-order valence-electron chi connectivity index (χ0n) is 14.3. The minimum Gasteiger partial charge on any atom is -0.497 e. The van der Waals surface area contributed by atoms with Crippen LogP contribution in [0.3, 0.4) is 0 Å². The van der Waals surface area contributed by atoms with E-state index in [-0.39, 0.29) is 0 Å². The summed E-state index contributed by atoms with van der Waals surface area (Å²) in [4.78, 5) is 25.0. The number of hydrazone groups is 1. The van der Waals surface area contributed by atoms with Crippen molar-refractivity contribution in [3.8, 4) is 11.8 Å². The number of benzene rings is 2. The molecule has 1 aliphatic heterocycles. The number of imide groups is 1. The Morgan fingerprint density at radius 3 is 2.38 bits per heavy atom. The Labute approximate surface area is 150 Å². The molecule has 2 aromatic rings. The van der Waals surface area contributed by atoms with Gasteiger partial charge in [0.25, 0.3) is 5.91 Å². The van der Waals surface area contributed by atoms with Crippen LogP contribution in [0, 0.1) is 11.3 Å². The maximum atomic E-state index is 12.8. The van der Waals surface area contributed by atoms with Crippen LogP contribution in [0.1, 0.15) is 23.6 Å². The van der Waals surface area contributed by atoms with Gasteiger partial charge < -0.3 is 10.1 Å². The second kappa shape index (κ2) is 6.69. The quantitative estimate of drug-likeness (QED) is 0.678. The van der Waals surface area contributed by atoms with Crippen molar-refractivity contribution < 1.29 is 14.3 Å². The molecule has 26 heavy (non-hydrogen) atoms. The first-order valence-corrected chi connectivity index (χ1v) is 7.83. The summed E-state index contributed by atoms with van der Waals surface area (Å²) in [5.74, 6) is 0.183. The zero-order chi connectivity index (χ0) is 18.7. The van der Waals surface area contributed by atoms with Crippen LogP contribution in [0.5, 0.6) is 5.75 Å². The summed E-state index contributed by atoms with van der Waals surface area (Å²) in [5.41, 5.74) is 0.616. The molecule has 0 spiro atoms. The minimum atomic E-state index is -1.20. The molecule has 1 heterocycles. The first kappa shape index (κ1) is 17.2. The lowest BCUT2D eigenvalue weighted by atomic mass is 9.92. The van der Waals surface area contributed by atoms with E-state index >= 15 is 0 Å². The Kier molecular flexibility index (Phi) is 4.42. The Bertz CT molecular complexity index is 913. The summed E-state index contributed by atoms with van der Waals surface area (Å²) in [5, 5.41) is 16.3. The number of nitrogens with zero attached hydrogens (tertiary/aromatic N) is 3. The van der Waals surface area contributed by atoms with Crippen LogP contribution in [0.25, 0.3) is 0 Å². The maximum absolute atomic E-state index is 12.8. The van der Waals surface area contributed by atoms with E-state index in [2.05, 4.69) is 10.4 Å². The number of carbonyl (C=O) groups is 2.